The van der Waals surface area contributed by atoms with Crippen molar-refractivity contribution in [2.45, 2.75) is 75.5 Å². The van der Waals surface area contributed by atoms with E-state index in [1.54, 1.807) is 0 Å². The highest BCUT2D eigenvalue weighted by Gasteiger charge is 2.38. The molecular weight excluding hydrogens is 394 g/mol. The summed E-state index contributed by atoms with van der Waals surface area (Å²) in [6.45, 7) is 1.13. The van der Waals surface area contributed by atoms with Crippen molar-refractivity contribution >= 4 is 5.91 Å². The van der Waals surface area contributed by atoms with E-state index < -0.39 is 17.7 Å². The molecule has 2 N–H and O–H groups in total. The lowest BCUT2D eigenvalue weighted by molar-refractivity contribution is -0.158. The summed E-state index contributed by atoms with van der Waals surface area (Å²) in [5.74, 6) is -1.21. The Hall–Kier alpha value is -1.61. The number of aliphatic hydroxyl groups is 1. The van der Waals surface area contributed by atoms with Crippen LogP contribution in [0.2, 0.25) is 0 Å². The van der Waals surface area contributed by atoms with Crippen LogP contribution in [0.3, 0.4) is 0 Å². The molecule has 2 heterocycles. The average Bonchev–Trinajstić information content (AvgIpc) is 2.62. The number of amides is 1. The van der Waals surface area contributed by atoms with Crippen LogP contribution < -0.4 is 5.32 Å². The van der Waals surface area contributed by atoms with Gasteiger partial charge in [0.15, 0.2) is 0 Å². The zero-order valence-electron chi connectivity index (χ0n) is 17.1. The summed E-state index contributed by atoms with van der Waals surface area (Å²) in [4.78, 5) is 14.3. The van der Waals surface area contributed by atoms with Gasteiger partial charge < -0.3 is 19.9 Å². The number of rotatable bonds is 5. The van der Waals surface area contributed by atoms with E-state index >= 15 is 0 Å². The molecule has 0 unspecified atom stereocenters. The van der Waals surface area contributed by atoms with Gasteiger partial charge in [0, 0.05) is 31.2 Å². The number of halogens is 2. The van der Waals surface area contributed by atoms with Gasteiger partial charge in [-0.3, -0.25) is 9.69 Å². The molecule has 1 aromatic rings. The second-order valence-electron chi connectivity index (χ2n) is 8.74. The lowest BCUT2D eigenvalue weighted by Crippen LogP contribution is -2.55. The monoisotopic (exact) mass is 424 g/mol. The van der Waals surface area contributed by atoms with E-state index in [4.69, 9.17) is 9.47 Å². The third-order valence-corrected chi connectivity index (χ3v) is 6.28. The Bertz CT molecular complexity index is 726. The topological polar surface area (TPSA) is 71.0 Å². The van der Waals surface area contributed by atoms with Crippen LogP contribution >= 0.6 is 0 Å². The number of nitrogens with zero attached hydrogens (tertiary/aromatic N) is 1. The van der Waals surface area contributed by atoms with Gasteiger partial charge in [0.25, 0.3) is 0 Å². The number of hydrogen-bond acceptors (Lipinski definition) is 5. The summed E-state index contributed by atoms with van der Waals surface area (Å²) >= 11 is 0. The molecule has 1 amide bonds. The van der Waals surface area contributed by atoms with Gasteiger partial charge in [0.1, 0.15) is 11.6 Å². The Morgan fingerprint density at radius 1 is 1.13 bits per heavy atom. The Morgan fingerprint density at radius 3 is 2.60 bits per heavy atom. The molecule has 4 rings (SSSR count). The Balaban J connectivity index is 1.40. The van der Waals surface area contributed by atoms with Crippen LogP contribution in [0.1, 0.15) is 44.1 Å². The van der Waals surface area contributed by atoms with E-state index in [1.165, 1.54) is 18.6 Å². The number of β-amino-alcohol motifs (C(OH)–C–C–N with tert-alkyl or cyclic N) is 1. The molecule has 1 aromatic carbocycles. The largest absolute Gasteiger partial charge is 0.389 e. The molecular formula is C22H30F2N2O4. The van der Waals surface area contributed by atoms with E-state index in [9.17, 15) is 18.7 Å². The summed E-state index contributed by atoms with van der Waals surface area (Å²) < 4.78 is 39.1. The molecule has 2 aliphatic heterocycles. The van der Waals surface area contributed by atoms with Crippen molar-refractivity contribution in [1.82, 2.24) is 10.2 Å². The number of carbonyl (C=O) groups excluding carboxylic acids is 1. The van der Waals surface area contributed by atoms with Crippen molar-refractivity contribution in [3.8, 4) is 0 Å². The summed E-state index contributed by atoms with van der Waals surface area (Å²) in [7, 11) is 0. The average molecular weight is 424 g/mol. The van der Waals surface area contributed by atoms with Crippen molar-refractivity contribution in [1.29, 1.82) is 0 Å². The molecule has 1 saturated carbocycles. The molecule has 4 atom stereocenters. The molecule has 0 bridgehead atoms. The highest BCUT2D eigenvalue weighted by molar-refractivity contribution is 5.76. The van der Waals surface area contributed by atoms with E-state index in [0.29, 0.717) is 44.1 Å². The minimum Gasteiger partial charge on any atom is -0.389 e. The number of aliphatic hydroxyl groups excluding tert-OH is 1. The number of carbonyl (C=O) groups is 1. The second-order valence-corrected chi connectivity index (χ2v) is 8.74. The maximum Gasteiger partial charge on any atom is 0.222 e. The second kappa shape index (κ2) is 9.68. The first-order valence-electron chi connectivity index (χ1n) is 10.9. The summed E-state index contributed by atoms with van der Waals surface area (Å²) in [5, 5.41) is 13.3. The number of ether oxygens (including phenoxy) is 2. The number of benzene rings is 1. The van der Waals surface area contributed by atoms with Gasteiger partial charge in [0.2, 0.25) is 5.91 Å². The quantitative estimate of drug-likeness (QED) is 0.758. The van der Waals surface area contributed by atoms with E-state index in [1.807, 2.05) is 4.90 Å². The fraction of sp³-hybridized carbons (Fsp3) is 0.682. The van der Waals surface area contributed by atoms with Crippen molar-refractivity contribution in [3.63, 3.8) is 0 Å². The summed E-state index contributed by atoms with van der Waals surface area (Å²) in [5.41, 5.74) is 0.516. The van der Waals surface area contributed by atoms with Gasteiger partial charge in [-0.25, -0.2) is 8.78 Å². The zero-order valence-corrected chi connectivity index (χ0v) is 17.1. The SMILES string of the molecule is O=C(C[C@H]1CC[C@H]2[C@@H](COC[C@@H](O)CN2Cc2cc(F)cc(F)c2)O1)NC1CCC1. The fourth-order valence-corrected chi connectivity index (χ4v) is 4.61. The normalized spacial score (nSPS) is 30.6. The molecule has 30 heavy (non-hydrogen) atoms. The fourth-order valence-electron chi connectivity index (χ4n) is 4.61. The van der Waals surface area contributed by atoms with Crippen molar-refractivity contribution in [2.75, 3.05) is 19.8 Å². The molecule has 166 valence electrons. The van der Waals surface area contributed by atoms with Gasteiger partial charge in [-0.15, -0.1) is 0 Å². The van der Waals surface area contributed by atoms with Crippen LogP contribution in [0.4, 0.5) is 8.78 Å². The number of hydrogen-bond donors (Lipinski definition) is 2. The molecule has 0 radical (unpaired) electrons. The third-order valence-electron chi connectivity index (χ3n) is 6.28. The standard InChI is InChI=1S/C22H30F2N2O4/c23-15-6-14(7-16(24)8-15)10-26-11-18(27)12-29-13-21-20(26)5-4-19(30-21)9-22(28)25-17-2-1-3-17/h6-8,17-21,27H,1-5,9-13H2,(H,25,28)/t18-,19+,20-,21+/m0/s1. The van der Waals surface area contributed by atoms with E-state index in [2.05, 4.69) is 5.32 Å². The lowest BCUT2D eigenvalue weighted by atomic mass is 9.92. The van der Waals surface area contributed by atoms with Crippen molar-refractivity contribution in [3.05, 3.63) is 35.4 Å². The lowest BCUT2D eigenvalue weighted by Gasteiger charge is -2.44. The third kappa shape index (κ3) is 5.55. The summed E-state index contributed by atoms with van der Waals surface area (Å²) in [6, 6.07) is 3.74. The van der Waals surface area contributed by atoms with Crippen LogP contribution in [0.25, 0.3) is 0 Å². The summed E-state index contributed by atoms with van der Waals surface area (Å²) in [6.07, 6.45) is 3.96. The Morgan fingerprint density at radius 2 is 1.90 bits per heavy atom. The minimum absolute atomic E-state index is 0.0254. The minimum atomic E-state index is -0.685. The number of nitrogens with one attached hydrogen (secondary N) is 1. The predicted molar refractivity (Wildman–Crippen MR) is 106 cm³/mol. The van der Waals surface area contributed by atoms with E-state index in [-0.39, 0.29) is 30.8 Å². The van der Waals surface area contributed by atoms with Gasteiger partial charge in [-0.1, -0.05) is 0 Å². The van der Waals surface area contributed by atoms with E-state index in [0.717, 1.165) is 25.3 Å². The first kappa shape index (κ1) is 21.6. The smallest absolute Gasteiger partial charge is 0.222 e. The van der Waals surface area contributed by atoms with Crippen LogP contribution in [-0.4, -0.2) is 66.1 Å². The Kier molecular flexibility index (Phi) is 6.98. The van der Waals surface area contributed by atoms with Crippen molar-refractivity contribution in [2.24, 2.45) is 0 Å². The van der Waals surface area contributed by atoms with Crippen molar-refractivity contribution < 1.29 is 28.2 Å². The molecule has 8 heteroatoms. The van der Waals surface area contributed by atoms with Crippen LogP contribution in [0, 0.1) is 11.6 Å². The van der Waals surface area contributed by atoms with Crippen LogP contribution in [-0.2, 0) is 20.8 Å². The predicted octanol–water partition coefficient (Wildman–Crippen LogP) is 2.13. The Labute approximate surface area is 175 Å². The highest BCUT2D eigenvalue weighted by Crippen LogP contribution is 2.29. The molecule has 2 saturated heterocycles. The van der Waals surface area contributed by atoms with Crippen LogP contribution in [0.5, 0.6) is 0 Å². The first-order chi connectivity index (χ1) is 14.5. The maximum atomic E-state index is 13.6. The zero-order chi connectivity index (χ0) is 21.1. The molecule has 3 fully saturated rings. The molecule has 0 aromatic heterocycles. The molecule has 6 nitrogen and oxygen atoms in total. The first-order valence-corrected chi connectivity index (χ1v) is 10.9. The maximum absolute atomic E-state index is 13.6. The highest BCUT2D eigenvalue weighted by atomic mass is 19.1. The van der Waals surface area contributed by atoms with Crippen LogP contribution in [0.15, 0.2) is 18.2 Å². The van der Waals surface area contributed by atoms with Gasteiger partial charge in [-0.05, 0) is 49.8 Å². The van der Waals surface area contributed by atoms with Gasteiger partial charge in [0.05, 0.1) is 37.9 Å². The molecule has 0 spiro atoms. The van der Waals surface area contributed by atoms with Gasteiger partial charge in [-0.2, -0.15) is 0 Å². The molecule has 1 aliphatic carbocycles. The molecule has 3 aliphatic rings. The number of fused-ring (bicyclic) bond motifs is 1. The van der Waals surface area contributed by atoms with Gasteiger partial charge >= 0.3 is 0 Å².